The van der Waals surface area contributed by atoms with Crippen LogP contribution in [0.5, 0.6) is 0 Å². The summed E-state index contributed by atoms with van der Waals surface area (Å²) in [5.74, 6) is 0.505. The van der Waals surface area contributed by atoms with E-state index in [1.54, 1.807) is 19.2 Å². The van der Waals surface area contributed by atoms with Gasteiger partial charge in [-0.15, -0.1) is 0 Å². The second-order valence-electron chi connectivity index (χ2n) is 7.57. The minimum absolute atomic E-state index is 0.0460. The third kappa shape index (κ3) is 4.34. The topological polar surface area (TPSA) is 93.3 Å². The summed E-state index contributed by atoms with van der Waals surface area (Å²) in [6.07, 6.45) is 6.13. The van der Waals surface area contributed by atoms with Crippen molar-refractivity contribution in [2.45, 2.75) is 36.6 Å². The molecule has 1 aliphatic rings. The maximum atomic E-state index is 12.7. The number of amides is 1. The van der Waals surface area contributed by atoms with Crippen molar-refractivity contribution in [1.29, 1.82) is 0 Å². The molecule has 0 aliphatic heterocycles. The van der Waals surface area contributed by atoms with Gasteiger partial charge in [0, 0.05) is 25.7 Å². The zero-order valence-electron chi connectivity index (χ0n) is 16.8. The molecule has 1 atom stereocenters. The first-order valence-corrected chi connectivity index (χ1v) is 11.5. The van der Waals surface area contributed by atoms with Crippen LogP contribution in [0, 0.1) is 0 Å². The molecule has 30 heavy (non-hydrogen) atoms. The van der Waals surface area contributed by atoms with E-state index in [4.69, 9.17) is 4.42 Å². The molecule has 1 amide bonds. The zero-order chi connectivity index (χ0) is 21.1. The van der Waals surface area contributed by atoms with Gasteiger partial charge in [0.2, 0.25) is 10.0 Å². The fraction of sp³-hybridized carbons (Fsp3) is 0.318. The number of carbonyl (C=O) groups is 1. The number of hydrogen-bond acceptors (Lipinski definition) is 4. The molecule has 2 heterocycles. The lowest BCUT2D eigenvalue weighted by molar-refractivity contribution is 0.0942. The predicted molar refractivity (Wildman–Crippen MR) is 113 cm³/mol. The van der Waals surface area contributed by atoms with E-state index in [9.17, 15) is 13.2 Å². The number of benzene rings is 1. The molecule has 0 bridgehead atoms. The normalized spacial score (nSPS) is 16.2. The SMILES string of the molecule is Cn1cc(S(=O)(=O)NCc2ccco2)cc1C(=O)NC[C@@H]1CCCc2ccccc21. The quantitative estimate of drug-likeness (QED) is 0.606. The summed E-state index contributed by atoms with van der Waals surface area (Å²) in [7, 11) is -2.09. The number of aryl methyl sites for hydroxylation is 2. The number of rotatable bonds is 7. The van der Waals surface area contributed by atoms with E-state index in [-0.39, 0.29) is 23.3 Å². The van der Waals surface area contributed by atoms with Gasteiger partial charge in [-0.3, -0.25) is 4.79 Å². The molecular weight excluding hydrogens is 402 g/mol. The number of nitrogens with zero attached hydrogens (tertiary/aromatic N) is 1. The number of sulfonamides is 1. The van der Waals surface area contributed by atoms with Crippen molar-refractivity contribution in [1.82, 2.24) is 14.6 Å². The Morgan fingerprint density at radius 1 is 1.23 bits per heavy atom. The molecule has 0 saturated heterocycles. The van der Waals surface area contributed by atoms with Crippen molar-refractivity contribution in [3.05, 3.63) is 77.5 Å². The molecule has 0 spiro atoms. The van der Waals surface area contributed by atoms with Crippen LogP contribution in [0.15, 0.2) is 64.2 Å². The lowest BCUT2D eigenvalue weighted by atomic mass is 9.83. The molecule has 4 rings (SSSR count). The minimum atomic E-state index is -3.76. The van der Waals surface area contributed by atoms with E-state index in [1.807, 2.05) is 12.1 Å². The number of carbonyl (C=O) groups excluding carboxylic acids is 1. The third-order valence-electron chi connectivity index (χ3n) is 5.54. The lowest BCUT2D eigenvalue weighted by Crippen LogP contribution is -2.31. The first-order valence-electron chi connectivity index (χ1n) is 9.98. The Morgan fingerprint density at radius 3 is 2.87 bits per heavy atom. The number of furan rings is 1. The molecule has 158 valence electrons. The van der Waals surface area contributed by atoms with E-state index in [1.165, 1.54) is 34.2 Å². The lowest BCUT2D eigenvalue weighted by Gasteiger charge is -2.25. The van der Waals surface area contributed by atoms with Gasteiger partial charge in [-0.05, 0) is 48.6 Å². The van der Waals surface area contributed by atoms with E-state index in [0.717, 1.165) is 19.3 Å². The molecule has 1 aromatic carbocycles. The second kappa shape index (κ2) is 8.49. The largest absolute Gasteiger partial charge is 0.468 e. The standard InChI is InChI=1S/C22H25N3O4S/c1-25-15-19(30(27,28)24-14-18-9-5-11-29-18)12-21(25)22(26)23-13-17-8-4-7-16-6-2-3-10-20(16)17/h2-3,5-6,9-12,15,17,24H,4,7-8,13-14H2,1H3,(H,23,26)/t17-/m0/s1. The summed E-state index contributed by atoms with van der Waals surface area (Å²) in [5.41, 5.74) is 2.94. The van der Waals surface area contributed by atoms with Gasteiger partial charge in [0.05, 0.1) is 12.8 Å². The fourth-order valence-corrected chi connectivity index (χ4v) is 5.01. The van der Waals surface area contributed by atoms with Gasteiger partial charge in [-0.1, -0.05) is 24.3 Å². The van der Waals surface area contributed by atoms with Crippen LogP contribution >= 0.6 is 0 Å². The van der Waals surface area contributed by atoms with Crippen molar-refractivity contribution in [2.75, 3.05) is 6.54 Å². The van der Waals surface area contributed by atoms with Crippen LogP contribution in [-0.2, 0) is 30.0 Å². The molecule has 0 fully saturated rings. The van der Waals surface area contributed by atoms with Crippen LogP contribution in [-0.4, -0.2) is 25.4 Å². The molecular formula is C22H25N3O4S. The second-order valence-corrected chi connectivity index (χ2v) is 9.34. The molecule has 0 unspecified atom stereocenters. The number of hydrogen-bond donors (Lipinski definition) is 2. The Kier molecular flexibility index (Phi) is 5.78. The fourth-order valence-electron chi connectivity index (χ4n) is 3.94. The Labute approximate surface area is 176 Å². The average molecular weight is 428 g/mol. The van der Waals surface area contributed by atoms with Crippen molar-refractivity contribution < 1.29 is 17.6 Å². The Hall–Kier alpha value is -2.84. The van der Waals surface area contributed by atoms with Gasteiger partial charge in [-0.25, -0.2) is 13.1 Å². The van der Waals surface area contributed by atoms with Crippen LogP contribution in [0.1, 0.15) is 46.1 Å². The number of fused-ring (bicyclic) bond motifs is 1. The van der Waals surface area contributed by atoms with Crippen LogP contribution in [0.25, 0.3) is 0 Å². The first kappa shape index (κ1) is 20.4. The van der Waals surface area contributed by atoms with Gasteiger partial charge < -0.3 is 14.3 Å². The summed E-state index contributed by atoms with van der Waals surface area (Å²) in [6, 6.07) is 13.1. The molecule has 0 radical (unpaired) electrons. The first-order chi connectivity index (χ1) is 14.4. The summed E-state index contributed by atoms with van der Waals surface area (Å²) < 4.78 is 34.3. The van der Waals surface area contributed by atoms with Crippen LogP contribution in [0.4, 0.5) is 0 Å². The highest BCUT2D eigenvalue weighted by Gasteiger charge is 2.23. The van der Waals surface area contributed by atoms with Crippen LogP contribution in [0.3, 0.4) is 0 Å². The minimum Gasteiger partial charge on any atom is -0.468 e. The molecule has 2 N–H and O–H groups in total. The summed E-state index contributed by atoms with van der Waals surface area (Å²) in [6.45, 7) is 0.576. The molecule has 0 saturated carbocycles. The maximum Gasteiger partial charge on any atom is 0.267 e. The van der Waals surface area contributed by atoms with Crippen molar-refractivity contribution in [3.8, 4) is 0 Å². The Morgan fingerprint density at radius 2 is 2.07 bits per heavy atom. The van der Waals surface area contributed by atoms with E-state index in [2.05, 4.69) is 22.2 Å². The molecule has 3 aromatic rings. The van der Waals surface area contributed by atoms with Crippen molar-refractivity contribution in [2.24, 2.45) is 7.05 Å². The monoisotopic (exact) mass is 427 g/mol. The van der Waals surface area contributed by atoms with Crippen LogP contribution < -0.4 is 10.0 Å². The molecule has 7 nitrogen and oxygen atoms in total. The highest BCUT2D eigenvalue weighted by molar-refractivity contribution is 7.89. The maximum absolute atomic E-state index is 12.7. The van der Waals surface area contributed by atoms with E-state index < -0.39 is 10.0 Å². The summed E-state index contributed by atoms with van der Waals surface area (Å²) >= 11 is 0. The van der Waals surface area contributed by atoms with Crippen molar-refractivity contribution in [3.63, 3.8) is 0 Å². The summed E-state index contributed by atoms with van der Waals surface area (Å²) in [4.78, 5) is 12.8. The average Bonchev–Trinajstić information content (AvgIpc) is 3.40. The predicted octanol–water partition coefficient (Wildman–Crippen LogP) is 2.95. The Bertz CT molecular complexity index is 1130. The van der Waals surface area contributed by atoms with Crippen molar-refractivity contribution >= 4 is 15.9 Å². The van der Waals surface area contributed by atoms with Gasteiger partial charge in [0.25, 0.3) is 5.91 Å². The highest BCUT2D eigenvalue weighted by atomic mass is 32.2. The number of aromatic nitrogens is 1. The highest BCUT2D eigenvalue weighted by Crippen LogP contribution is 2.30. The number of nitrogens with one attached hydrogen (secondary N) is 2. The molecule has 2 aromatic heterocycles. The smallest absolute Gasteiger partial charge is 0.267 e. The Balaban J connectivity index is 1.42. The van der Waals surface area contributed by atoms with E-state index in [0.29, 0.717) is 18.0 Å². The molecule has 8 heteroatoms. The van der Waals surface area contributed by atoms with Gasteiger partial charge in [0.15, 0.2) is 0 Å². The third-order valence-corrected chi connectivity index (χ3v) is 6.91. The van der Waals surface area contributed by atoms with E-state index >= 15 is 0 Å². The van der Waals surface area contributed by atoms with Gasteiger partial charge in [0.1, 0.15) is 16.3 Å². The summed E-state index contributed by atoms with van der Waals surface area (Å²) in [5, 5.41) is 2.98. The zero-order valence-corrected chi connectivity index (χ0v) is 17.6. The molecule has 1 aliphatic carbocycles. The van der Waals surface area contributed by atoms with Crippen LogP contribution in [0.2, 0.25) is 0 Å². The van der Waals surface area contributed by atoms with Gasteiger partial charge >= 0.3 is 0 Å². The van der Waals surface area contributed by atoms with Gasteiger partial charge in [-0.2, -0.15) is 0 Å².